The minimum absolute atomic E-state index is 0.169. The molecule has 0 atom stereocenters. The van der Waals surface area contributed by atoms with Crippen LogP contribution in [0.15, 0.2) is 36.4 Å². The van der Waals surface area contributed by atoms with Gasteiger partial charge in [-0.15, -0.1) is 0 Å². The molecule has 0 fully saturated rings. The summed E-state index contributed by atoms with van der Waals surface area (Å²) in [4.78, 5) is 12.2. The third kappa shape index (κ3) is 3.75. The van der Waals surface area contributed by atoms with Gasteiger partial charge in [-0.05, 0) is 48.4 Å². The molecule has 0 saturated heterocycles. The van der Waals surface area contributed by atoms with Crippen molar-refractivity contribution in [1.29, 1.82) is 0 Å². The molecular formula is C17H18FNO3. The number of benzene rings is 2. The second-order valence-corrected chi connectivity index (χ2v) is 4.89. The highest BCUT2D eigenvalue weighted by Gasteiger charge is 2.13. The van der Waals surface area contributed by atoms with Crippen molar-refractivity contribution in [2.24, 2.45) is 0 Å². The Morgan fingerprint density at radius 3 is 2.59 bits per heavy atom. The van der Waals surface area contributed by atoms with Crippen LogP contribution in [0.3, 0.4) is 0 Å². The topological polar surface area (TPSA) is 47.6 Å². The smallest absolute Gasteiger partial charge is 0.255 e. The van der Waals surface area contributed by atoms with Gasteiger partial charge >= 0.3 is 0 Å². The predicted molar refractivity (Wildman–Crippen MR) is 81.9 cm³/mol. The average Bonchev–Trinajstić information content (AvgIpc) is 2.52. The monoisotopic (exact) mass is 303 g/mol. The highest BCUT2D eigenvalue weighted by atomic mass is 19.1. The van der Waals surface area contributed by atoms with Crippen molar-refractivity contribution in [3.63, 3.8) is 0 Å². The molecular weight excluding hydrogens is 285 g/mol. The molecule has 4 nitrogen and oxygen atoms in total. The van der Waals surface area contributed by atoms with Crippen LogP contribution in [0.2, 0.25) is 0 Å². The molecule has 0 bridgehead atoms. The lowest BCUT2D eigenvalue weighted by Crippen LogP contribution is -2.23. The molecule has 2 rings (SSSR count). The minimum atomic E-state index is -0.483. The lowest BCUT2D eigenvalue weighted by atomic mass is 10.1. The lowest BCUT2D eigenvalue weighted by Gasteiger charge is -2.11. The molecule has 2 aromatic carbocycles. The Morgan fingerprint density at radius 1 is 1.14 bits per heavy atom. The summed E-state index contributed by atoms with van der Waals surface area (Å²) in [6, 6.07) is 9.54. The minimum Gasteiger partial charge on any atom is -0.497 e. The maximum absolute atomic E-state index is 13.3. The molecule has 0 spiro atoms. The van der Waals surface area contributed by atoms with Gasteiger partial charge in [0.05, 0.1) is 19.8 Å². The molecule has 5 heteroatoms. The summed E-state index contributed by atoms with van der Waals surface area (Å²) >= 11 is 0. The number of halogens is 1. The molecule has 0 aromatic heterocycles. The van der Waals surface area contributed by atoms with Gasteiger partial charge in [0.25, 0.3) is 5.91 Å². The number of nitrogens with one attached hydrogen (secondary N) is 1. The van der Waals surface area contributed by atoms with Crippen molar-refractivity contribution in [3.05, 3.63) is 58.9 Å². The molecule has 1 N–H and O–H groups in total. The molecule has 0 unspecified atom stereocenters. The zero-order chi connectivity index (χ0) is 16.1. The van der Waals surface area contributed by atoms with Crippen LogP contribution in [0.25, 0.3) is 0 Å². The quantitative estimate of drug-likeness (QED) is 0.923. The first-order chi connectivity index (χ1) is 10.5. The normalized spacial score (nSPS) is 10.2. The van der Waals surface area contributed by atoms with E-state index in [4.69, 9.17) is 9.47 Å². The Bertz CT molecular complexity index is 686. The summed E-state index contributed by atoms with van der Waals surface area (Å²) in [6.07, 6.45) is 0. The highest BCUT2D eigenvalue weighted by molar-refractivity contribution is 5.96. The number of aryl methyl sites for hydroxylation is 1. The fourth-order valence-corrected chi connectivity index (χ4v) is 2.18. The zero-order valence-electron chi connectivity index (χ0n) is 12.8. The number of rotatable bonds is 5. The van der Waals surface area contributed by atoms with Crippen LogP contribution in [-0.4, -0.2) is 20.1 Å². The van der Waals surface area contributed by atoms with E-state index >= 15 is 0 Å². The number of methoxy groups -OCH3 is 2. The molecule has 0 aliphatic carbocycles. The molecule has 0 aliphatic heterocycles. The SMILES string of the molecule is COc1cc(C)cc(CNC(=O)c2cc(F)ccc2OC)c1. The first-order valence-electron chi connectivity index (χ1n) is 6.80. The van der Waals surface area contributed by atoms with Gasteiger partial charge in [0.2, 0.25) is 0 Å². The second-order valence-electron chi connectivity index (χ2n) is 4.89. The Morgan fingerprint density at radius 2 is 1.91 bits per heavy atom. The van der Waals surface area contributed by atoms with Crippen LogP contribution in [0, 0.1) is 12.7 Å². The molecule has 116 valence electrons. The summed E-state index contributed by atoms with van der Waals surface area (Å²) in [5.41, 5.74) is 2.11. The van der Waals surface area contributed by atoms with Crippen molar-refractivity contribution in [2.45, 2.75) is 13.5 Å². The van der Waals surface area contributed by atoms with E-state index in [0.717, 1.165) is 22.9 Å². The third-order valence-electron chi connectivity index (χ3n) is 3.21. The van der Waals surface area contributed by atoms with Crippen molar-refractivity contribution in [2.75, 3.05) is 14.2 Å². The number of carbonyl (C=O) groups is 1. The number of hydrogen-bond donors (Lipinski definition) is 1. The van der Waals surface area contributed by atoms with Crippen LogP contribution in [0.4, 0.5) is 4.39 Å². The van der Waals surface area contributed by atoms with Gasteiger partial charge in [0.15, 0.2) is 0 Å². The van der Waals surface area contributed by atoms with E-state index in [-0.39, 0.29) is 5.56 Å². The standard InChI is InChI=1S/C17H18FNO3/c1-11-6-12(8-14(7-11)21-2)10-19-17(20)15-9-13(18)4-5-16(15)22-3/h4-9H,10H2,1-3H3,(H,19,20). The fraction of sp³-hybridized carbons (Fsp3) is 0.235. The van der Waals surface area contributed by atoms with Crippen LogP contribution in [0.1, 0.15) is 21.5 Å². The van der Waals surface area contributed by atoms with Crippen LogP contribution < -0.4 is 14.8 Å². The van der Waals surface area contributed by atoms with E-state index in [0.29, 0.717) is 12.3 Å². The fourth-order valence-electron chi connectivity index (χ4n) is 2.18. The number of amides is 1. The first-order valence-corrected chi connectivity index (χ1v) is 6.80. The van der Waals surface area contributed by atoms with E-state index in [9.17, 15) is 9.18 Å². The largest absolute Gasteiger partial charge is 0.497 e. The molecule has 0 heterocycles. The van der Waals surface area contributed by atoms with E-state index in [1.165, 1.54) is 19.2 Å². The molecule has 0 saturated carbocycles. The highest BCUT2D eigenvalue weighted by Crippen LogP contribution is 2.20. The summed E-state index contributed by atoms with van der Waals surface area (Å²) in [7, 11) is 3.03. The van der Waals surface area contributed by atoms with Gasteiger partial charge in [-0.2, -0.15) is 0 Å². The average molecular weight is 303 g/mol. The summed E-state index contributed by atoms with van der Waals surface area (Å²) in [5, 5.41) is 2.75. The van der Waals surface area contributed by atoms with Gasteiger partial charge in [0.1, 0.15) is 17.3 Å². The lowest BCUT2D eigenvalue weighted by molar-refractivity contribution is 0.0947. The van der Waals surface area contributed by atoms with Crippen LogP contribution in [0.5, 0.6) is 11.5 Å². The van der Waals surface area contributed by atoms with E-state index in [2.05, 4.69) is 5.32 Å². The Hall–Kier alpha value is -2.56. The third-order valence-corrected chi connectivity index (χ3v) is 3.21. The van der Waals surface area contributed by atoms with E-state index in [1.807, 2.05) is 25.1 Å². The molecule has 1 amide bonds. The van der Waals surface area contributed by atoms with Crippen molar-refractivity contribution < 1.29 is 18.7 Å². The second kappa shape index (κ2) is 6.93. The number of hydrogen-bond acceptors (Lipinski definition) is 3. The molecule has 0 radical (unpaired) electrons. The summed E-state index contributed by atoms with van der Waals surface area (Å²) in [5.74, 6) is 0.188. The van der Waals surface area contributed by atoms with Gasteiger partial charge in [-0.3, -0.25) is 4.79 Å². The Balaban J connectivity index is 2.13. The van der Waals surface area contributed by atoms with E-state index < -0.39 is 11.7 Å². The van der Waals surface area contributed by atoms with Gasteiger partial charge in [-0.1, -0.05) is 6.07 Å². The van der Waals surface area contributed by atoms with Crippen molar-refractivity contribution >= 4 is 5.91 Å². The van der Waals surface area contributed by atoms with Crippen molar-refractivity contribution in [1.82, 2.24) is 5.32 Å². The van der Waals surface area contributed by atoms with Gasteiger partial charge in [0, 0.05) is 6.54 Å². The summed E-state index contributed by atoms with van der Waals surface area (Å²) < 4.78 is 23.6. The first kappa shape index (κ1) is 15.8. The maximum atomic E-state index is 13.3. The predicted octanol–water partition coefficient (Wildman–Crippen LogP) is 3.08. The molecule has 22 heavy (non-hydrogen) atoms. The molecule has 0 aliphatic rings. The Kier molecular flexibility index (Phi) is 4.99. The van der Waals surface area contributed by atoms with Crippen LogP contribution >= 0.6 is 0 Å². The maximum Gasteiger partial charge on any atom is 0.255 e. The summed E-state index contributed by atoms with van der Waals surface area (Å²) in [6.45, 7) is 2.26. The molecule has 2 aromatic rings. The van der Waals surface area contributed by atoms with Crippen LogP contribution in [-0.2, 0) is 6.54 Å². The van der Waals surface area contributed by atoms with Gasteiger partial charge < -0.3 is 14.8 Å². The van der Waals surface area contributed by atoms with Crippen molar-refractivity contribution in [3.8, 4) is 11.5 Å². The van der Waals surface area contributed by atoms with Gasteiger partial charge in [-0.25, -0.2) is 4.39 Å². The Labute approximate surface area is 128 Å². The number of carbonyl (C=O) groups excluding carboxylic acids is 1. The van der Waals surface area contributed by atoms with E-state index in [1.54, 1.807) is 7.11 Å². The number of ether oxygens (including phenoxy) is 2. The zero-order valence-corrected chi connectivity index (χ0v) is 12.8.